The summed E-state index contributed by atoms with van der Waals surface area (Å²) in [6, 6.07) is 12.7. The summed E-state index contributed by atoms with van der Waals surface area (Å²) in [5, 5.41) is 1.32. The zero-order valence-corrected chi connectivity index (χ0v) is 17.0. The Hall–Kier alpha value is -2.77. The van der Waals surface area contributed by atoms with E-state index < -0.39 is 0 Å². The van der Waals surface area contributed by atoms with Crippen LogP contribution < -0.4 is 10.9 Å². The van der Waals surface area contributed by atoms with E-state index in [1.54, 1.807) is 18.3 Å². The molecule has 2 aromatic carbocycles. The number of aryl methyl sites for hydroxylation is 1. The molecule has 0 aliphatic carbocycles. The van der Waals surface area contributed by atoms with E-state index in [1.165, 1.54) is 11.8 Å². The maximum Gasteiger partial charge on any atom is 0.269 e. The van der Waals surface area contributed by atoms with Gasteiger partial charge in [-0.15, -0.1) is 0 Å². The highest BCUT2D eigenvalue weighted by atomic mass is 35.5. The molecule has 0 saturated heterocycles. The highest BCUT2D eigenvalue weighted by molar-refractivity contribution is 7.99. The van der Waals surface area contributed by atoms with Crippen molar-refractivity contribution in [2.75, 3.05) is 5.75 Å². The first kappa shape index (κ1) is 20.0. The number of halogens is 1. The lowest BCUT2D eigenvalue weighted by atomic mass is 10.1. The Labute approximate surface area is 172 Å². The molecule has 0 bridgehead atoms. The maximum atomic E-state index is 12.1. The molecule has 0 spiro atoms. The van der Waals surface area contributed by atoms with E-state index >= 15 is 0 Å². The van der Waals surface area contributed by atoms with Gasteiger partial charge in [-0.2, -0.15) is 0 Å². The average molecular weight is 415 g/mol. The van der Waals surface area contributed by atoms with Crippen LogP contribution in [-0.2, 0) is 4.79 Å². The molecule has 8 heteroatoms. The number of nitrogens with zero attached hydrogens (tertiary/aromatic N) is 2. The van der Waals surface area contributed by atoms with E-state index in [4.69, 9.17) is 11.6 Å². The van der Waals surface area contributed by atoms with Crippen molar-refractivity contribution in [3.05, 3.63) is 76.6 Å². The molecule has 0 fully saturated rings. The van der Waals surface area contributed by atoms with Gasteiger partial charge in [0.15, 0.2) is 5.16 Å². The van der Waals surface area contributed by atoms with Crippen molar-refractivity contribution >= 4 is 35.2 Å². The van der Waals surface area contributed by atoms with Gasteiger partial charge < -0.3 is 0 Å². The number of carbonyl (C=O) groups is 2. The molecular weight excluding hydrogens is 396 g/mol. The third-order valence-electron chi connectivity index (χ3n) is 4.07. The monoisotopic (exact) mass is 414 g/mol. The van der Waals surface area contributed by atoms with Crippen LogP contribution in [0.2, 0.25) is 5.02 Å². The van der Waals surface area contributed by atoms with Crippen molar-refractivity contribution < 1.29 is 9.59 Å². The predicted molar refractivity (Wildman–Crippen MR) is 111 cm³/mol. The zero-order valence-electron chi connectivity index (χ0n) is 15.4. The fourth-order valence-electron chi connectivity index (χ4n) is 2.51. The van der Waals surface area contributed by atoms with Crippen LogP contribution in [-0.4, -0.2) is 27.1 Å². The van der Waals surface area contributed by atoms with Gasteiger partial charge in [0.1, 0.15) is 0 Å². The normalized spacial score (nSPS) is 10.5. The molecule has 3 rings (SSSR count). The molecular formula is C20H19ClN4O2S. The minimum Gasteiger partial charge on any atom is -0.295 e. The van der Waals surface area contributed by atoms with Crippen LogP contribution in [0.4, 0.5) is 0 Å². The molecule has 0 aliphatic heterocycles. The van der Waals surface area contributed by atoms with Gasteiger partial charge in [0.25, 0.3) is 5.91 Å². The molecule has 144 valence electrons. The maximum absolute atomic E-state index is 12.1. The smallest absolute Gasteiger partial charge is 0.269 e. The Balaban J connectivity index is 1.57. The molecule has 0 unspecified atom stereocenters. The second-order valence-electron chi connectivity index (χ2n) is 6.12. The Morgan fingerprint density at radius 3 is 2.61 bits per heavy atom. The summed E-state index contributed by atoms with van der Waals surface area (Å²) in [5.74, 6) is -0.595. The SMILES string of the molecule is Cc1ccc(C(=O)NNC(=O)CSc2nccn2-c2cccc(Cl)c2C)cc1. The van der Waals surface area contributed by atoms with Crippen molar-refractivity contribution in [1.29, 1.82) is 0 Å². The summed E-state index contributed by atoms with van der Waals surface area (Å²) in [7, 11) is 0. The number of hydrogen-bond donors (Lipinski definition) is 2. The summed E-state index contributed by atoms with van der Waals surface area (Å²) >= 11 is 7.46. The summed E-state index contributed by atoms with van der Waals surface area (Å²) in [5.41, 5.74) is 8.20. The van der Waals surface area contributed by atoms with Crippen molar-refractivity contribution in [3.8, 4) is 5.69 Å². The lowest BCUT2D eigenvalue weighted by Gasteiger charge is -2.11. The summed E-state index contributed by atoms with van der Waals surface area (Å²) < 4.78 is 1.88. The van der Waals surface area contributed by atoms with Crippen LogP contribution in [0.1, 0.15) is 21.5 Å². The topological polar surface area (TPSA) is 76.0 Å². The third-order valence-corrected chi connectivity index (χ3v) is 5.44. The van der Waals surface area contributed by atoms with Gasteiger partial charge in [0, 0.05) is 23.0 Å². The Bertz CT molecular complexity index is 1000. The first-order valence-electron chi connectivity index (χ1n) is 8.53. The number of nitrogens with one attached hydrogen (secondary N) is 2. The van der Waals surface area contributed by atoms with E-state index in [9.17, 15) is 9.59 Å². The third kappa shape index (κ3) is 4.74. The van der Waals surface area contributed by atoms with Crippen molar-refractivity contribution in [2.24, 2.45) is 0 Å². The minimum atomic E-state index is -0.366. The number of carbonyl (C=O) groups excluding carboxylic acids is 2. The van der Waals surface area contributed by atoms with E-state index in [0.29, 0.717) is 15.7 Å². The van der Waals surface area contributed by atoms with Gasteiger partial charge in [-0.05, 0) is 43.7 Å². The number of amides is 2. The van der Waals surface area contributed by atoms with E-state index in [2.05, 4.69) is 15.8 Å². The number of thioether (sulfide) groups is 1. The number of rotatable bonds is 5. The van der Waals surface area contributed by atoms with Gasteiger partial charge >= 0.3 is 0 Å². The highest BCUT2D eigenvalue weighted by Gasteiger charge is 2.12. The minimum absolute atomic E-state index is 0.102. The number of imidazole rings is 1. The van der Waals surface area contributed by atoms with Gasteiger partial charge in [-0.1, -0.05) is 47.1 Å². The highest BCUT2D eigenvalue weighted by Crippen LogP contribution is 2.26. The molecule has 0 saturated carbocycles. The Morgan fingerprint density at radius 1 is 1.11 bits per heavy atom. The van der Waals surface area contributed by atoms with E-state index in [-0.39, 0.29) is 17.6 Å². The summed E-state index contributed by atoms with van der Waals surface area (Å²) in [6.07, 6.45) is 3.48. The van der Waals surface area contributed by atoms with Crippen LogP contribution in [0.15, 0.2) is 60.0 Å². The number of hydrogen-bond acceptors (Lipinski definition) is 4. The number of benzene rings is 2. The first-order chi connectivity index (χ1) is 13.5. The van der Waals surface area contributed by atoms with Crippen LogP contribution in [0.5, 0.6) is 0 Å². The van der Waals surface area contributed by atoms with Gasteiger partial charge in [0.2, 0.25) is 5.91 Å². The summed E-state index contributed by atoms with van der Waals surface area (Å²) in [6.45, 7) is 3.87. The fraction of sp³-hybridized carbons (Fsp3) is 0.150. The lowest BCUT2D eigenvalue weighted by Crippen LogP contribution is -2.42. The largest absolute Gasteiger partial charge is 0.295 e. The zero-order chi connectivity index (χ0) is 20.1. The summed E-state index contributed by atoms with van der Waals surface area (Å²) in [4.78, 5) is 28.4. The molecule has 3 aromatic rings. The van der Waals surface area contributed by atoms with Crippen LogP contribution >= 0.6 is 23.4 Å². The second-order valence-corrected chi connectivity index (χ2v) is 7.47. The molecule has 6 nitrogen and oxygen atoms in total. The van der Waals surface area contributed by atoms with E-state index in [0.717, 1.165) is 16.8 Å². The molecule has 28 heavy (non-hydrogen) atoms. The van der Waals surface area contributed by atoms with Crippen LogP contribution in [0.25, 0.3) is 5.69 Å². The molecule has 2 amide bonds. The molecule has 0 atom stereocenters. The van der Waals surface area contributed by atoms with Crippen LogP contribution in [0.3, 0.4) is 0 Å². The molecule has 1 heterocycles. The molecule has 2 N–H and O–H groups in total. The average Bonchev–Trinajstić information content (AvgIpc) is 3.15. The van der Waals surface area contributed by atoms with E-state index in [1.807, 2.05) is 54.9 Å². The lowest BCUT2D eigenvalue weighted by molar-refractivity contribution is -0.119. The number of aromatic nitrogens is 2. The molecule has 0 radical (unpaired) electrons. The van der Waals surface area contributed by atoms with Crippen molar-refractivity contribution in [2.45, 2.75) is 19.0 Å². The van der Waals surface area contributed by atoms with Crippen molar-refractivity contribution in [3.63, 3.8) is 0 Å². The number of hydrazine groups is 1. The van der Waals surface area contributed by atoms with Gasteiger partial charge in [0.05, 0.1) is 11.4 Å². The second kappa shape index (κ2) is 8.95. The predicted octanol–water partition coefficient (Wildman–Crippen LogP) is 3.70. The molecule has 1 aromatic heterocycles. The molecule has 0 aliphatic rings. The van der Waals surface area contributed by atoms with Gasteiger partial charge in [-0.25, -0.2) is 4.98 Å². The Kier molecular flexibility index (Phi) is 6.38. The standard InChI is InChI=1S/C20H19ClN4O2S/c1-13-6-8-15(9-7-13)19(27)24-23-18(26)12-28-20-22-10-11-25(20)17-5-3-4-16(21)14(17)2/h3-11H,12H2,1-2H3,(H,23,26)(H,24,27). The van der Waals surface area contributed by atoms with Crippen molar-refractivity contribution in [1.82, 2.24) is 20.4 Å². The first-order valence-corrected chi connectivity index (χ1v) is 9.89. The van der Waals surface area contributed by atoms with Crippen LogP contribution in [0, 0.1) is 13.8 Å². The van der Waals surface area contributed by atoms with Gasteiger partial charge in [-0.3, -0.25) is 25.0 Å². The Morgan fingerprint density at radius 2 is 1.86 bits per heavy atom. The quantitative estimate of drug-likeness (QED) is 0.493. The fourth-order valence-corrected chi connectivity index (χ4v) is 3.44.